The van der Waals surface area contributed by atoms with Crippen molar-refractivity contribution < 1.29 is 17.9 Å². The Morgan fingerprint density at radius 1 is 1.35 bits per heavy atom. The Labute approximate surface area is 137 Å². The van der Waals surface area contributed by atoms with E-state index >= 15 is 0 Å². The standard InChI is InChI=1S/C16H22N2O4S/c1-2-22-16(19)15-8-5-11-18(15)23(20,21)17-14-10-9-12-6-3-4-7-13(12)14/h3-4,6-7,14-15,17H,2,5,8-11H2,1H3. The van der Waals surface area contributed by atoms with Gasteiger partial charge in [0, 0.05) is 12.6 Å². The van der Waals surface area contributed by atoms with Crippen LogP contribution in [-0.4, -0.2) is 37.9 Å². The summed E-state index contributed by atoms with van der Waals surface area (Å²) < 4.78 is 34.5. The fraction of sp³-hybridized carbons (Fsp3) is 0.562. The molecular formula is C16H22N2O4S. The topological polar surface area (TPSA) is 75.7 Å². The molecular weight excluding hydrogens is 316 g/mol. The predicted octanol–water partition coefficient (Wildman–Crippen LogP) is 1.54. The zero-order valence-electron chi connectivity index (χ0n) is 13.2. The van der Waals surface area contributed by atoms with E-state index in [1.807, 2.05) is 24.3 Å². The number of ether oxygens (including phenoxy) is 1. The van der Waals surface area contributed by atoms with Crippen molar-refractivity contribution in [2.45, 2.75) is 44.7 Å². The first-order chi connectivity index (χ1) is 11.0. The summed E-state index contributed by atoms with van der Waals surface area (Å²) in [4.78, 5) is 12.0. The van der Waals surface area contributed by atoms with Crippen LogP contribution < -0.4 is 4.72 Å². The summed E-state index contributed by atoms with van der Waals surface area (Å²) in [6.07, 6.45) is 2.80. The van der Waals surface area contributed by atoms with Gasteiger partial charge in [-0.3, -0.25) is 4.79 Å². The number of hydrogen-bond donors (Lipinski definition) is 1. The zero-order chi connectivity index (χ0) is 16.4. The lowest BCUT2D eigenvalue weighted by Gasteiger charge is -2.25. The van der Waals surface area contributed by atoms with Crippen molar-refractivity contribution in [2.75, 3.05) is 13.2 Å². The van der Waals surface area contributed by atoms with Crippen LogP contribution in [0.15, 0.2) is 24.3 Å². The lowest BCUT2D eigenvalue weighted by molar-refractivity contribution is -0.146. The fourth-order valence-corrected chi connectivity index (χ4v) is 5.06. The van der Waals surface area contributed by atoms with E-state index in [1.165, 1.54) is 9.87 Å². The SMILES string of the molecule is CCOC(=O)C1CCCN1S(=O)(=O)NC1CCc2ccccc21. The van der Waals surface area contributed by atoms with Crippen LogP contribution in [0, 0.1) is 0 Å². The summed E-state index contributed by atoms with van der Waals surface area (Å²) in [6.45, 7) is 2.33. The van der Waals surface area contributed by atoms with E-state index in [4.69, 9.17) is 4.74 Å². The van der Waals surface area contributed by atoms with Crippen molar-refractivity contribution in [1.82, 2.24) is 9.03 Å². The highest BCUT2D eigenvalue weighted by Gasteiger charge is 2.41. The van der Waals surface area contributed by atoms with Gasteiger partial charge in [0.15, 0.2) is 0 Å². The summed E-state index contributed by atoms with van der Waals surface area (Å²) in [5, 5.41) is 0. The van der Waals surface area contributed by atoms with Gasteiger partial charge in [-0.05, 0) is 43.7 Å². The van der Waals surface area contributed by atoms with E-state index < -0.39 is 22.2 Å². The number of carbonyl (C=O) groups excluding carboxylic acids is 1. The molecule has 1 aliphatic heterocycles. The van der Waals surface area contributed by atoms with E-state index in [9.17, 15) is 13.2 Å². The molecule has 1 aliphatic carbocycles. The Morgan fingerprint density at radius 3 is 2.91 bits per heavy atom. The second-order valence-electron chi connectivity index (χ2n) is 5.93. The highest BCUT2D eigenvalue weighted by Crippen LogP contribution is 2.32. The molecule has 1 N–H and O–H groups in total. The second-order valence-corrected chi connectivity index (χ2v) is 7.59. The van der Waals surface area contributed by atoms with E-state index in [2.05, 4.69) is 4.72 Å². The molecule has 0 radical (unpaired) electrons. The number of nitrogens with one attached hydrogen (secondary N) is 1. The largest absolute Gasteiger partial charge is 0.465 e. The van der Waals surface area contributed by atoms with Crippen LogP contribution in [0.1, 0.15) is 43.4 Å². The molecule has 1 fully saturated rings. The van der Waals surface area contributed by atoms with Gasteiger partial charge in [0.05, 0.1) is 6.61 Å². The number of fused-ring (bicyclic) bond motifs is 1. The van der Waals surface area contributed by atoms with Crippen LogP contribution >= 0.6 is 0 Å². The molecule has 2 aliphatic rings. The van der Waals surface area contributed by atoms with Gasteiger partial charge >= 0.3 is 5.97 Å². The molecule has 2 unspecified atom stereocenters. The number of aryl methyl sites for hydroxylation is 1. The molecule has 7 heteroatoms. The quantitative estimate of drug-likeness (QED) is 0.826. The maximum absolute atomic E-state index is 12.7. The number of rotatable bonds is 5. The minimum absolute atomic E-state index is 0.223. The van der Waals surface area contributed by atoms with Gasteiger partial charge in [-0.1, -0.05) is 24.3 Å². The normalized spacial score (nSPS) is 24.6. The third-order valence-electron chi connectivity index (χ3n) is 4.50. The van der Waals surface area contributed by atoms with Gasteiger partial charge in [-0.15, -0.1) is 0 Å². The van der Waals surface area contributed by atoms with Crippen molar-refractivity contribution in [1.29, 1.82) is 0 Å². The van der Waals surface area contributed by atoms with E-state index in [1.54, 1.807) is 6.92 Å². The van der Waals surface area contributed by atoms with Gasteiger partial charge in [-0.25, -0.2) is 0 Å². The molecule has 126 valence electrons. The number of hydrogen-bond acceptors (Lipinski definition) is 4. The lowest BCUT2D eigenvalue weighted by Crippen LogP contribution is -2.47. The molecule has 0 amide bonds. The van der Waals surface area contributed by atoms with Crippen molar-refractivity contribution in [3.63, 3.8) is 0 Å². The van der Waals surface area contributed by atoms with Gasteiger partial charge in [0.2, 0.25) is 0 Å². The van der Waals surface area contributed by atoms with Crippen molar-refractivity contribution >= 4 is 16.2 Å². The molecule has 3 rings (SSSR count). The van der Waals surface area contributed by atoms with Gasteiger partial charge in [0.25, 0.3) is 10.2 Å². The predicted molar refractivity (Wildman–Crippen MR) is 85.9 cm³/mol. The number of benzene rings is 1. The van der Waals surface area contributed by atoms with Crippen LogP contribution in [0.25, 0.3) is 0 Å². The fourth-order valence-electron chi connectivity index (χ4n) is 3.43. The molecule has 0 bridgehead atoms. The van der Waals surface area contributed by atoms with Crippen LogP contribution in [0.3, 0.4) is 0 Å². The first kappa shape index (κ1) is 16.4. The molecule has 23 heavy (non-hydrogen) atoms. The van der Waals surface area contributed by atoms with Crippen LogP contribution in [0.4, 0.5) is 0 Å². The Bertz CT molecular complexity index is 689. The van der Waals surface area contributed by atoms with Crippen LogP contribution in [0.5, 0.6) is 0 Å². The molecule has 1 aromatic rings. The first-order valence-corrected chi connectivity index (χ1v) is 9.50. The second kappa shape index (κ2) is 6.59. The van der Waals surface area contributed by atoms with E-state index in [0.29, 0.717) is 19.4 Å². The monoisotopic (exact) mass is 338 g/mol. The summed E-state index contributed by atoms with van der Waals surface area (Å²) in [5.41, 5.74) is 2.21. The minimum atomic E-state index is -3.72. The van der Waals surface area contributed by atoms with Crippen LogP contribution in [0.2, 0.25) is 0 Å². The van der Waals surface area contributed by atoms with Crippen molar-refractivity contribution in [2.24, 2.45) is 0 Å². The van der Waals surface area contributed by atoms with Crippen molar-refractivity contribution in [3.05, 3.63) is 35.4 Å². The molecule has 0 spiro atoms. The average molecular weight is 338 g/mol. The number of carbonyl (C=O) groups is 1. The number of nitrogens with zero attached hydrogens (tertiary/aromatic N) is 1. The van der Waals surface area contributed by atoms with Crippen molar-refractivity contribution in [3.8, 4) is 0 Å². The van der Waals surface area contributed by atoms with Gasteiger partial charge in [0.1, 0.15) is 6.04 Å². The maximum atomic E-state index is 12.7. The lowest BCUT2D eigenvalue weighted by atomic mass is 10.1. The highest BCUT2D eigenvalue weighted by molar-refractivity contribution is 7.87. The van der Waals surface area contributed by atoms with Gasteiger partial charge in [-0.2, -0.15) is 17.4 Å². The minimum Gasteiger partial charge on any atom is -0.465 e. The molecule has 1 saturated heterocycles. The summed E-state index contributed by atoms with van der Waals surface area (Å²) in [6, 6.07) is 6.95. The van der Waals surface area contributed by atoms with E-state index in [-0.39, 0.29) is 12.6 Å². The molecule has 2 atom stereocenters. The summed E-state index contributed by atoms with van der Waals surface area (Å²) in [5.74, 6) is -0.456. The molecule has 1 aromatic carbocycles. The molecule has 0 saturated carbocycles. The maximum Gasteiger partial charge on any atom is 0.324 e. The van der Waals surface area contributed by atoms with E-state index in [0.717, 1.165) is 18.4 Å². The molecule has 0 aromatic heterocycles. The zero-order valence-corrected chi connectivity index (χ0v) is 14.0. The average Bonchev–Trinajstić information content (AvgIpc) is 3.15. The Hall–Kier alpha value is -1.44. The smallest absolute Gasteiger partial charge is 0.324 e. The Kier molecular flexibility index (Phi) is 4.70. The highest BCUT2D eigenvalue weighted by atomic mass is 32.2. The molecule has 6 nitrogen and oxygen atoms in total. The summed E-state index contributed by atoms with van der Waals surface area (Å²) >= 11 is 0. The van der Waals surface area contributed by atoms with Gasteiger partial charge < -0.3 is 4.74 Å². The van der Waals surface area contributed by atoms with Crippen LogP contribution in [-0.2, 0) is 26.2 Å². The Balaban J connectivity index is 1.76. The summed E-state index contributed by atoms with van der Waals surface area (Å²) in [7, 11) is -3.72. The third-order valence-corrected chi connectivity index (χ3v) is 6.13. The third kappa shape index (κ3) is 3.27. The molecule has 1 heterocycles. The number of esters is 1. The Morgan fingerprint density at radius 2 is 2.13 bits per heavy atom. The first-order valence-electron chi connectivity index (χ1n) is 8.06.